The molecule has 2 N–H and O–H groups in total. The molecule has 2 heterocycles. The first-order chi connectivity index (χ1) is 11.9. The van der Waals surface area contributed by atoms with E-state index in [4.69, 9.17) is 0 Å². The molecule has 1 unspecified atom stereocenters. The third-order valence-corrected chi connectivity index (χ3v) is 4.30. The molecule has 1 aliphatic rings. The smallest absolute Gasteiger partial charge is 0.350 e. The SMILES string of the molecule is Cc1nc(C(F)(F)F)ccc1C(=O)NCC1NCCc2ccccc21. The lowest BCUT2D eigenvalue weighted by atomic mass is 9.94. The maximum Gasteiger partial charge on any atom is 0.433 e. The molecule has 3 rings (SSSR count). The number of halogens is 3. The molecule has 1 aromatic heterocycles. The van der Waals surface area contributed by atoms with Gasteiger partial charge in [-0.05, 0) is 43.1 Å². The number of rotatable bonds is 3. The van der Waals surface area contributed by atoms with Crippen LogP contribution in [0, 0.1) is 6.92 Å². The van der Waals surface area contributed by atoms with E-state index in [9.17, 15) is 18.0 Å². The summed E-state index contributed by atoms with van der Waals surface area (Å²) in [5, 5.41) is 6.13. The van der Waals surface area contributed by atoms with Gasteiger partial charge in [-0.15, -0.1) is 0 Å². The van der Waals surface area contributed by atoms with Gasteiger partial charge >= 0.3 is 6.18 Å². The zero-order valence-electron chi connectivity index (χ0n) is 13.7. The van der Waals surface area contributed by atoms with Gasteiger partial charge < -0.3 is 10.6 Å². The largest absolute Gasteiger partial charge is 0.433 e. The minimum absolute atomic E-state index is 0.0170. The molecule has 0 aliphatic carbocycles. The van der Waals surface area contributed by atoms with Gasteiger partial charge in [0.15, 0.2) is 0 Å². The maximum atomic E-state index is 12.7. The number of alkyl halides is 3. The van der Waals surface area contributed by atoms with Crippen molar-refractivity contribution < 1.29 is 18.0 Å². The summed E-state index contributed by atoms with van der Waals surface area (Å²) in [7, 11) is 0. The fourth-order valence-corrected chi connectivity index (χ4v) is 3.02. The van der Waals surface area contributed by atoms with Crippen molar-refractivity contribution in [2.75, 3.05) is 13.1 Å². The van der Waals surface area contributed by atoms with Crippen molar-refractivity contribution in [3.63, 3.8) is 0 Å². The Kier molecular flexibility index (Phi) is 4.76. The van der Waals surface area contributed by atoms with Crippen LogP contribution >= 0.6 is 0 Å². The van der Waals surface area contributed by atoms with Gasteiger partial charge in [0.25, 0.3) is 5.91 Å². The molecule has 0 spiro atoms. The zero-order chi connectivity index (χ0) is 18.0. The summed E-state index contributed by atoms with van der Waals surface area (Å²) in [5.41, 5.74) is 1.59. The van der Waals surface area contributed by atoms with E-state index in [-0.39, 0.29) is 17.3 Å². The van der Waals surface area contributed by atoms with Gasteiger partial charge in [0.1, 0.15) is 5.69 Å². The van der Waals surface area contributed by atoms with E-state index in [0.717, 1.165) is 24.6 Å². The number of nitrogens with one attached hydrogen (secondary N) is 2. The standard InChI is InChI=1S/C18H18F3N3O/c1-11-13(6-7-16(24-11)18(19,20)21)17(25)23-10-15-14-5-3-2-4-12(14)8-9-22-15/h2-7,15,22H,8-10H2,1H3,(H,23,25). The van der Waals surface area contributed by atoms with E-state index in [1.807, 2.05) is 18.2 Å². The van der Waals surface area contributed by atoms with Crippen molar-refractivity contribution in [3.05, 3.63) is 64.5 Å². The highest BCUT2D eigenvalue weighted by molar-refractivity contribution is 5.95. The van der Waals surface area contributed by atoms with E-state index >= 15 is 0 Å². The molecule has 4 nitrogen and oxygen atoms in total. The normalized spacial score (nSPS) is 17.0. The van der Waals surface area contributed by atoms with Gasteiger partial charge in [0.2, 0.25) is 0 Å². The lowest BCUT2D eigenvalue weighted by Crippen LogP contribution is -2.39. The predicted octanol–water partition coefficient (Wildman–Crippen LogP) is 3.03. The molecule has 132 valence electrons. The summed E-state index contributed by atoms with van der Waals surface area (Å²) in [6.45, 7) is 2.58. The monoisotopic (exact) mass is 349 g/mol. The molecule has 2 aromatic rings. The number of carbonyl (C=O) groups excluding carboxylic acids is 1. The number of pyridine rings is 1. The molecule has 25 heavy (non-hydrogen) atoms. The van der Waals surface area contributed by atoms with Crippen LogP contribution in [-0.4, -0.2) is 24.0 Å². The van der Waals surface area contributed by atoms with Gasteiger partial charge in [-0.1, -0.05) is 24.3 Å². The Morgan fingerprint density at radius 2 is 2.04 bits per heavy atom. The van der Waals surface area contributed by atoms with E-state index in [0.29, 0.717) is 6.54 Å². The Bertz CT molecular complexity index is 789. The Hall–Kier alpha value is -2.41. The Labute approximate surface area is 143 Å². The fourth-order valence-electron chi connectivity index (χ4n) is 3.02. The van der Waals surface area contributed by atoms with Crippen molar-refractivity contribution in [3.8, 4) is 0 Å². The van der Waals surface area contributed by atoms with Crippen LogP contribution in [0.3, 0.4) is 0 Å². The molecule has 1 aromatic carbocycles. The molecular formula is C18H18F3N3O. The predicted molar refractivity (Wildman–Crippen MR) is 87.2 cm³/mol. The summed E-state index contributed by atoms with van der Waals surface area (Å²) in [6.07, 6.45) is -3.59. The second-order valence-electron chi connectivity index (χ2n) is 5.99. The molecule has 0 fully saturated rings. The molecule has 1 atom stereocenters. The number of amides is 1. The molecule has 0 saturated heterocycles. The van der Waals surface area contributed by atoms with Gasteiger partial charge in [-0.2, -0.15) is 13.2 Å². The van der Waals surface area contributed by atoms with Crippen LogP contribution in [0.25, 0.3) is 0 Å². The molecule has 0 saturated carbocycles. The Balaban J connectivity index is 1.70. The lowest BCUT2D eigenvalue weighted by Gasteiger charge is -2.27. The Morgan fingerprint density at radius 3 is 2.76 bits per heavy atom. The summed E-state index contributed by atoms with van der Waals surface area (Å²) in [5.74, 6) is -0.427. The average molecular weight is 349 g/mol. The van der Waals surface area contributed by atoms with Gasteiger partial charge in [0.05, 0.1) is 11.3 Å². The van der Waals surface area contributed by atoms with Crippen LogP contribution in [0.4, 0.5) is 13.2 Å². The second-order valence-corrected chi connectivity index (χ2v) is 5.99. The van der Waals surface area contributed by atoms with Gasteiger partial charge in [0, 0.05) is 12.6 Å². The highest BCUT2D eigenvalue weighted by Crippen LogP contribution is 2.28. The summed E-state index contributed by atoms with van der Waals surface area (Å²) < 4.78 is 38.0. The topological polar surface area (TPSA) is 54.0 Å². The highest BCUT2D eigenvalue weighted by Gasteiger charge is 2.33. The third-order valence-electron chi connectivity index (χ3n) is 4.30. The number of nitrogens with zero attached hydrogens (tertiary/aromatic N) is 1. The molecule has 7 heteroatoms. The van der Waals surface area contributed by atoms with Crippen LogP contribution < -0.4 is 10.6 Å². The number of aryl methyl sites for hydroxylation is 1. The van der Waals surface area contributed by atoms with Crippen LogP contribution in [0.15, 0.2) is 36.4 Å². The first-order valence-corrected chi connectivity index (χ1v) is 8.00. The van der Waals surface area contributed by atoms with E-state index in [1.54, 1.807) is 0 Å². The first-order valence-electron chi connectivity index (χ1n) is 8.00. The lowest BCUT2D eigenvalue weighted by molar-refractivity contribution is -0.141. The van der Waals surface area contributed by atoms with E-state index in [1.165, 1.54) is 18.6 Å². The summed E-state index contributed by atoms with van der Waals surface area (Å²) in [4.78, 5) is 15.8. The summed E-state index contributed by atoms with van der Waals surface area (Å²) >= 11 is 0. The quantitative estimate of drug-likeness (QED) is 0.896. The summed E-state index contributed by atoms with van der Waals surface area (Å²) in [6, 6.07) is 10.00. The number of carbonyl (C=O) groups is 1. The van der Waals surface area contributed by atoms with Crippen LogP contribution in [0.2, 0.25) is 0 Å². The van der Waals surface area contributed by atoms with Crippen LogP contribution in [0.1, 0.15) is 38.9 Å². The van der Waals surface area contributed by atoms with Crippen molar-refractivity contribution in [2.45, 2.75) is 25.6 Å². The minimum atomic E-state index is -4.52. The number of fused-ring (bicyclic) bond motifs is 1. The minimum Gasteiger partial charge on any atom is -0.350 e. The average Bonchev–Trinajstić information content (AvgIpc) is 2.58. The fraction of sp³-hybridized carbons (Fsp3) is 0.333. The van der Waals surface area contributed by atoms with Crippen LogP contribution in [-0.2, 0) is 12.6 Å². The third kappa shape index (κ3) is 3.82. The van der Waals surface area contributed by atoms with Crippen molar-refractivity contribution in [1.29, 1.82) is 0 Å². The van der Waals surface area contributed by atoms with E-state index < -0.39 is 17.8 Å². The van der Waals surface area contributed by atoms with E-state index in [2.05, 4.69) is 21.7 Å². The molecule has 0 radical (unpaired) electrons. The maximum absolute atomic E-state index is 12.7. The Morgan fingerprint density at radius 1 is 1.28 bits per heavy atom. The van der Waals surface area contributed by atoms with Gasteiger partial charge in [-0.25, -0.2) is 4.98 Å². The van der Waals surface area contributed by atoms with Crippen molar-refractivity contribution >= 4 is 5.91 Å². The molecule has 1 amide bonds. The number of benzene rings is 1. The molecular weight excluding hydrogens is 331 g/mol. The highest BCUT2D eigenvalue weighted by atomic mass is 19.4. The number of aromatic nitrogens is 1. The number of hydrogen-bond donors (Lipinski definition) is 2. The van der Waals surface area contributed by atoms with Crippen molar-refractivity contribution in [1.82, 2.24) is 15.6 Å². The molecule has 1 aliphatic heterocycles. The first kappa shape index (κ1) is 17.4. The number of hydrogen-bond acceptors (Lipinski definition) is 3. The second kappa shape index (κ2) is 6.84. The van der Waals surface area contributed by atoms with Crippen molar-refractivity contribution in [2.24, 2.45) is 0 Å². The zero-order valence-corrected chi connectivity index (χ0v) is 13.7. The molecule has 0 bridgehead atoms. The van der Waals surface area contributed by atoms with Crippen LogP contribution in [0.5, 0.6) is 0 Å². The van der Waals surface area contributed by atoms with Gasteiger partial charge in [-0.3, -0.25) is 4.79 Å².